The molecule has 2 heterocycles. The van der Waals surface area contributed by atoms with Crippen molar-refractivity contribution in [1.82, 2.24) is 15.0 Å². The standard InChI is InChI=1S/C24H37N3O/c1-3-5-7-9-11-13-17-28-22-19-26-24(27-20-22)23-16-15-21(18-25-23)14-12-10-8-6-4-2/h15-16,18-20H,3-14,17H2,1-2H3. The fourth-order valence-electron chi connectivity index (χ4n) is 3.23. The van der Waals surface area contributed by atoms with E-state index in [1.54, 1.807) is 12.4 Å². The fraction of sp³-hybridized carbons (Fsp3) is 0.625. The molecule has 0 atom stereocenters. The van der Waals surface area contributed by atoms with E-state index in [-0.39, 0.29) is 0 Å². The van der Waals surface area contributed by atoms with Gasteiger partial charge in [-0.3, -0.25) is 4.98 Å². The van der Waals surface area contributed by atoms with Gasteiger partial charge in [0.2, 0.25) is 0 Å². The number of aromatic nitrogens is 3. The van der Waals surface area contributed by atoms with E-state index in [1.165, 1.54) is 69.8 Å². The number of ether oxygens (including phenoxy) is 1. The third-order valence-corrected chi connectivity index (χ3v) is 5.02. The zero-order valence-electron chi connectivity index (χ0n) is 17.8. The minimum Gasteiger partial charge on any atom is -0.490 e. The minimum absolute atomic E-state index is 0.654. The van der Waals surface area contributed by atoms with Crippen molar-refractivity contribution in [2.75, 3.05) is 6.61 Å². The predicted octanol–water partition coefficient (Wildman–Crippen LogP) is 6.79. The van der Waals surface area contributed by atoms with Crippen LogP contribution in [0.2, 0.25) is 0 Å². The van der Waals surface area contributed by atoms with Gasteiger partial charge in [-0.15, -0.1) is 0 Å². The Kier molecular flexibility index (Phi) is 11.2. The Morgan fingerprint density at radius 1 is 0.679 bits per heavy atom. The van der Waals surface area contributed by atoms with E-state index in [9.17, 15) is 0 Å². The zero-order chi connectivity index (χ0) is 19.9. The van der Waals surface area contributed by atoms with Gasteiger partial charge in [0.25, 0.3) is 0 Å². The number of rotatable bonds is 15. The molecule has 0 N–H and O–H groups in total. The van der Waals surface area contributed by atoms with Crippen LogP contribution in [0.15, 0.2) is 30.7 Å². The molecule has 0 aliphatic rings. The van der Waals surface area contributed by atoms with Crippen LogP contribution in [0.5, 0.6) is 5.75 Å². The fourth-order valence-corrected chi connectivity index (χ4v) is 3.23. The normalized spacial score (nSPS) is 10.9. The van der Waals surface area contributed by atoms with E-state index in [2.05, 4.69) is 34.9 Å². The van der Waals surface area contributed by atoms with Crippen LogP contribution in [-0.4, -0.2) is 21.6 Å². The molecule has 0 unspecified atom stereocenters. The number of unbranched alkanes of at least 4 members (excludes halogenated alkanes) is 9. The van der Waals surface area contributed by atoms with Gasteiger partial charge in [0.1, 0.15) is 5.69 Å². The van der Waals surface area contributed by atoms with Crippen LogP contribution in [0.3, 0.4) is 0 Å². The molecule has 0 fully saturated rings. The maximum atomic E-state index is 5.75. The molecule has 0 radical (unpaired) electrons. The van der Waals surface area contributed by atoms with Gasteiger partial charge in [0.05, 0.1) is 19.0 Å². The lowest BCUT2D eigenvalue weighted by Crippen LogP contribution is -1.99. The van der Waals surface area contributed by atoms with Crippen molar-refractivity contribution in [3.63, 3.8) is 0 Å². The second-order valence-corrected chi connectivity index (χ2v) is 7.57. The molecule has 4 nitrogen and oxygen atoms in total. The highest BCUT2D eigenvalue weighted by Crippen LogP contribution is 2.16. The summed E-state index contributed by atoms with van der Waals surface area (Å²) < 4.78 is 5.75. The van der Waals surface area contributed by atoms with Crippen molar-refractivity contribution < 1.29 is 4.74 Å². The Hall–Kier alpha value is -1.97. The monoisotopic (exact) mass is 383 g/mol. The quantitative estimate of drug-likeness (QED) is 0.318. The van der Waals surface area contributed by atoms with Gasteiger partial charge in [-0.1, -0.05) is 77.7 Å². The summed E-state index contributed by atoms with van der Waals surface area (Å²) in [5, 5.41) is 0. The zero-order valence-corrected chi connectivity index (χ0v) is 17.8. The van der Waals surface area contributed by atoms with Gasteiger partial charge in [-0.05, 0) is 30.9 Å². The summed E-state index contributed by atoms with van der Waals surface area (Å²) in [6.45, 7) is 5.23. The molecule has 2 rings (SSSR count). The molecule has 2 aromatic heterocycles. The van der Waals surface area contributed by atoms with Crippen LogP contribution in [0.4, 0.5) is 0 Å². The smallest absolute Gasteiger partial charge is 0.178 e. The first-order chi connectivity index (χ1) is 13.8. The molecule has 4 heteroatoms. The van der Waals surface area contributed by atoms with E-state index >= 15 is 0 Å². The maximum absolute atomic E-state index is 5.75. The van der Waals surface area contributed by atoms with Crippen molar-refractivity contribution in [2.45, 2.75) is 90.9 Å². The van der Waals surface area contributed by atoms with Crippen molar-refractivity contribution in [2.24, 2.45) is 0 Å². The van der Waals surface area contributed by atoms with Crippen molar-refractivity contribution in [3.8, 4) is 17.3 Å². The molecule has 0 aliphatic carbocycles. The Labute approximate surface area is 171 Å². The lowest BCUT2D eigenvalue weighted by molar-refractivity contribution is 0.302. The number of hydrogen-bond acceptors (Lipinski definition) is 4. The molecule has 0 amide bonds. The van der Waals surface area contributed by atoms with Gasteiger partial charge in [0.15, 0.2) is 11.6 Å². The van der Waals surface area contributed by atoms with Crippen LogP contribution in [-0.2, 0) is 6.42 Å². The molecule has 0 aromatic carbocycles. The molecule has 0 bridgehead atoms. The van der Waals surface area contributed by atoms with E-state index in [1.807, 2.05) is 12.3 Å². The molecule has 2 aromatic rings. The average molecular weight is 384 g/mol. The molecule has 0 saturated carbocycles. The molecular weight excluding hydrogens is 346 g/mol. The van der Waals surface area contributed by atoms with Gasteiger partial charge in [0, 0.05) is 6.20 Å². The summed E-state index contributed by atoms with van der Waals surface area (Å²) in [6.07, 6.45) is 20.7. The first-order valence-electron chi connectivity index (χ1n) is 11.2. The molecular formula is C24H37N3O. The largest absolute Gasteiger partial charge is 0.490 e. The van der Waals surface area contributed by atoms with E-state index in [0.29, 0.717) is 5.82 Å². The SMILES string of the molecule is CCCCCCCCOc1cnc(-c2ccc(CCCCCCC)cn2)nc1. The van der Waals surface area contributed by atoms with E-state index in [4.69, 9.17) is 4.74 Å². The number of nitrogens with zero attached hydrogens (tertiary/aromatic N) is 3. The Bertz CT molecular complexity index is 625. The second kappa shape index (κ2) is 14.1. The van der Waals surface area contributed by atoms with Crippen molar-refractivity contribution >= 4 is 0 Å². The highest BCUT2D eigenvalue weighted by molar-refractivity contribution is 5.49. The summed E-state index contributed by atoms with van der Waals surface area (Å²) in [5.41, 5.74) is 2.11. The summed E-state index contributed by atoms with van der Waals surface area (Å²) in [5.74, 6) is 1.39. The van der Waals surface area contributed by atoms with Gasteiger partial charge >= 0.3 is 0 Å². The van der Waals surface area contributed by atoms with Gasteiger partial charge < -0.3 is 4.74 Å². The third kappa shape index (κ3) is 8.81. The summed E-state index contributed by atoms with van der Waals surface area (Å²) in [6, 6.07) is 4.17. The molecule has 154 valence electrons. The summed E-state index contributed by atoms with van der Waals surface area (Å²) in [7, 11) is 0. The Balaban J connectivity index is 1.70. The van der Waals surface area contributed by atoms with Crippen LogP contribution >= 0.6 is 0 Å². The van der Waals surface area contributed by atoms with Crippen molar-refractivity contribution in [1.29, 1.82) is 0 Å². The maximum Gasteiger partial charge on any atom is 0.178 e. The lowest BCUT2D eigenvalue weighted by atomic mass is 10.1. The molecule has 0 aliphatic heterocycles. The summed E-state index contributed by atoms with van der Waals surface area (Å²) >= 11 is 0. The highest BCUT2D eigenvalue weighted by Gasteiger charge is 2.04. The average Bonchev–Trinajstić information content (AvgIpc) is 2.74. The molecule has 0 spiro atoms. The summed E-state index contributed by atoms with van der Waals surface area (Å²) in [4.78, 5) is 13.4. The molecule has 28 heavy (non-hydrogen) atoms. The highest BCUT2D eigenvalue weighted by atomic mass is 16.5. The molecule has 0 saturated heterocycles. The van der Waals surface area contributed by atoms with Crippen LogP contribution in [0, 0.1) is 0 Å². The predicted molar refractivity (Wildman–Crippen MR) is 117 cm³/mol. The van der Waals surface area contributed by atoms with E-state index in [0.717, 1.165) is 30.9 Å². The van der Waals surface area contributed by atoms with Crippen LogP contribution in [0.25, 0.3) is 11.5 Å². The third-order valence-electron chi connectivity index (χ3n) is 5.02. The van der Waals surface area contributed by atoms with Gasteiger partial charge in [-0.2, -0.15) is 0 Å². The Morgan fingerprint density at radius 2 is 1.32 bits per heavy atom. The minimum atomic E-state index is 0.654. The number of hydrogen-bond donors (Lipinski definition) is 0. The van der Waals surface area contributed by atoms with Crippen molar-refractivity contribution in [3.05, 3.63) is 36.3 Å². The number of aryl methyl sites for hydroxylation is 1. The van der Waals surface area contributed by atoms with E-state index < -0.39 is 0 Å². The number of pyridine rings is 1. The van der Waals surface area contributed by atoms with Crippen LogP contribution < -0.4 is 4.74 Å². The first kappa shape index (κ1) is 22.3. The topological polar surface area (TPSA) is 47.9 Å². The second-order valence-electron chi connectivity index (χ2n) is 7.57. The van der Waals surface area contributed by atoms with Crippen LogP contribution in [0.1, 0.15) is 90.0 Å². The lowest BCUT2D eigenvalue weighted by Gasteiger charge is -2.06. The van der Waals surface area contributed by atoms with Gasteiger partial charge in [-0.25, -0.2) is 9.97 Å². The Morgan fingerprint density at radius 3 is 1.96 bits per heavy atom. The first-order valence-corrected chi connectivity index (χ1v) is 11.2.